The van der Waals surface area contributed by atoms with Crippen LogP contribution in [0.5, 0.6) is 5.75 Å². The summed E-state index contributed by atoms with van der Waals surface area (Å²) in [6, 6.07) is 8.74. The summed E-state index contributed by atoms with van der Waals surface area (Å²) >= 11 is 3.27. The van der Waals surface area contributed by atoms with E-state index in [1.165, 1.54) is 19.2 Å². The molecular weight excluding hydrogens is 328 g/mol. The number of methoxy groups -OCH3 is 1. The van der Waals surface area contributed by atoms with Crippen LogP contribution < -0.4 is 10.5 Å². The molecule has 2 N–H and O–H groups in total. The first-order valence-electron chi connectivity index (χ1n) is 6.05. The Balaban J connectivity index is 2.28. The SMILES string of the molecule is COc1cccc(CC(N)c2cc(Br)ccc2F)c1F. The Bertz CT molecular complexity index is 619. The molecule has 0 aromatic heterocycles. The summed E-state index contributed by atoms with van der Waals surface area (Å²) in [4.78, 5) is 0. The van der Waals surface area contributed by atoms with Crippen molar-refractivity contribution >= 4 is 15.9 Å². The van der Waals surface area contributed by atoms with E-state index in [1.807, 2.05) is 0 Å². The van der Waals surface area contributed by atoms with E-state index in [2.05, 4.69) is 15.9 Å². The molecule has 0 bridgehead atoms. The van der Waals surface area contributed by atoms with Crippen molar-refractivity contribution in [2.75, 3.05) is 7.11 Å². The number of halogens is 3. The molecule has 0 amide bonds. The summed E-state index contributed by atoms with van der Waals surface area (Å²) in [6.45, 7) is 0. The molecule has 2 rings (SSSR count). The van der Waals surface area contributed by atoms with Crippen molar-refractivity contribution in [3.63, 3.8) is 0 Å². The molecule has 0 aliphatic rings. The van der Waals surface area contributed by atoms with Gasteiger partial charge in [-0.1, -0.05) is 28.1 Å². The average Bonchev–Trinajstić information content (AvgIpc) is 2.43. The van der Waals surface area contributed by atoms with Gasteiger partial charge in [0.1, 0.15) is 5.82 Å². The van der Waals surface area contributed by atoms with Crippen LogP contribution in [0.2, 0.25) is 0 Å². The fraction of sp³-hybridized carbons (Fsp3) is 0.200. The molecule has 0 saturated heterocycles. The van der Waals surface area contributed by atoms with E-state index in [0.717, 1.165) is 4.47 Å². The van der Waals surface area contributed by atoms with Gasteiger partial charge in [-0.15, -0.1) is 0 Å². The van der Waals surface area contributed by atoms with Gasteiger partial charge in [0.25, 0.3) is 0 Å². The van der Waals surface area contributed by atoms with Gasteiger partial charge in [0, 0.05) is 16.1 Å². The largest absolute Gasteiger partial charge is 0.494 e. The van der Waals surface area contributed by atoms with Gasteiger partial charge in [0.05, 0.1) is 7.11 Å². The monoisotopic (exact) mass is 341 g/mol. The van der Waals surface area contributed by atoms with Crippen molar-refractivity contribution in [1.82, 2.24) is 0 Å². The first kappa shape index (κ1) is 14.9. The molecular formula is C15H14BrF2NO. The van der Waals surface area contributed by atoms with Gasteiger partial charge in [0.15, 0.2) is 11.6 Å². The summed E-state index contributed by atoms with van der Waals surface area (Å²) in [5.74, 6) is -0.700. The van der Waals surface area contributed by atoms with Gasteiger partial charge in [-0.05, 0) is 36.2 Å². The van der Waals surface area contributed by atoms with Crippen LogP contribution in [0, 0.1) is 11.6 Å². The van der Waals surface area contributed by atoms with E-state index in [0.29, 0.717) is 11.1 Å². The second kappa shape index (κ2) is 6.33. The van der Waals surface area contributed by atoms with Crippen LogP contribution in [0.3, 0.4) is 0 Å². The quantitative estimate of drug-likeness (QED) is 0.912. The summed E-state index contributed by atoms with van der Waals surface area (Å²) in [7, 11) is 1.40. The summed E-state index contributed by atoms with van der Waals surface area (Å²) < 4.78 is 33.4. The molecule has 0 aliphatic heterocycles. The van der Waals surface area contributed by atoms with Crippen molar-refractivity contribution in [2.24, 2.45) is 5.73 Å². The van der Waals surface area contributed by atoms with Crippen LogP contribution in [0.25, 0.3) is 0 Å². The van der Waals surface area contributed by atoms with Crippen LogP contribution in [-0.4, -0.2) is 7.11 Å². The topological polar surface area (TPSA) is 35.2 Å². The van der Waals surface area contributed by atoms with E-state index in [-0.39, 0.29) is 12.2 Å². The molecule has 0 radical (unpaired) electrons. The molecule has 1 atom stereocenters. The Labute approximate surface area is 124 Å². The highest BCUT2D eigenvalue weighted by Gasteiger charge is 2.16. The zero-order chi connectivity index (χ0) is 14.7. The first-order chi connectivity index (χ1) is 9.52. The lowest BCUT2D eigenvalue weighted by atomic mass is 9.98. The summed E-state index contributed by atoms with van der Waals surface area (Å²) in [5, 5.41) is 0. The molecule has 1 unspecified atom stereocenters. The third-order valence-corrected chi connectivity index (χ3v) is 3.55. The second-order valence-electron chi connectivity index (χ2n) is 4.41. The molecule has 20 heavy (non-hydrogen) atoms. The minimum absolute atomic E-state index is 0.157. The summed E-state index contributed by atoms with van der Waals surface area (Å²) in [5.41, 5.74) is 6.74. The first-order valence-corrected chi connectivity index (χ1v) is 6.84. The third kappa shape index (κ3) is 3.16. The van der Waals surface area contributed by atoms with E-state index < -0.39 is 17.7 Å². The maximum absolute atomic E-state index is 14.0. The molecule has 0 aliphatic carbocycles. The van der Waals surface area contributed by atoms with Crippen molar-refractivity contribution in [2.45, 2.75) is 12.5 Å². The smallest absolute Gasteiger partial charge is 0.168 e. The van der Waals surface area contributed by atoms with E-state index in [4.69, 9.17) is 10.5 Å². The Kier molecular flexibility index (Phi) is 4.73. The van der Waals surface area contributed by atoms with Crippen LogP contribution in [-0.2, 0) is 6.42 Å². The van der Waals surface area contributed by atoms with Crippen molar-refractivity contribution in [3.05, 3.63) is 63.6 Å². The highest BCUT2D eigenvalue weighted by Crippen LogP contribution is 2.26. The van der Waals surface area contributed by atoms with E-state index in [9.17, 15) is 8.78 Å². The number of nitrogens with two attached hydrogens (primary N) is 1. The molecule has 0 saturated carbocycles. The van der Waals surface area contributed by atoms with Gasteiger partial charge >= 0.3 is 0 Å². The molecule has 5 heteroatoms. The van der Waals surface area contributed by atoms with Crippen LogP contribution in [0.4, 0.5) is 8.78 Å². The Morgan fingerprint density at radius 3 is 2.70 bits per heavy atom. The highest BCUT2D eigenvalue weighted by molar-refractivity contribution is 9.10. The standard InChI is InChI=1S/C15H14BrF2NO/c1-20-14-4-2-3-9(15(14)18)7-13(19)11-8-10(16)5-6-12(11)17/h2-6,8,13H,7,19H2,1H3. The molecule has 0 spiro atoms. The Hall–Kier alpha value is -1.46. The number of benzene rings is 2. The van der Waals surface area contributed by atoms with Crippen LogP contribution in [0.15, 0.2) is 40.9 Å². The molecule has 0 fully saturated rings. The predicted molar refractivity (Wildman–Crippen MR) is 77.7 cm³/mol. The molecule has 2 aromatic rings. The zero-order valence-corrected chi connectivity index (χ0v) is 12.5. The fourth-order valence-electron chi connectivity index (χ4n) is 2.02. The van der Waals surface area contributed by atoms with Crippen LogP contribution in [0.1, 0.15) is 17.2 Å². The average molecular weight is 342 g/mol. The molecule has 2 nitrogen and oxygen atoms in total. The maximum Gasteiger partial charge on any atom is 0.168 e. The molecule has 106 valence electrons. The zero-order valence-electron chi connectivity index (χ0n) is 10.9. The Morgan fingerprint density at radius 2 is 2.00 bits per heavy atom. The van der Waals surface area contributed by atoms with Crippen LogP contribution >= 0.6 is 15.9 Å². The van der Waals surface area contributed by atoms with Crippen molar-refractivity contribution in [1.29, 1.82) is 0 Å². The number of hydrogen-bond acceptors (Lipinski definition) is 2. The minimum atomic E-state index is -0.630. The third-order valence-electron chi connectivity index (χ3n) is 3.06. The second-order valence-corrected chi connectivity index (χ2v) is 5.33. The lowest BCUT2D eigenvalue weighted by Gasteiger charge is -2.15. The van der Waals surface area contributed by atoms with Gasteiger partial charge < -0.3 is 10.5 Å². The van der Waals surface area contributed by atoms with Crippen molar-refractivity contribution < 1.29 is 13.5 Å². The number of rotatable bonds is 4. The highest BCUT2D eigenvalue weighted by atomic mass is 79.9. The molecule has 2 aromatic carbocycles. The van der Waals surface area contributed by atoms with Gasteiger partial charge in [-0.3, -0.25) is 0 Å². The van der Waals surface area contributed by atoms with Gasteiger partial charge in [-0.2, -0.15) is 0 Å². The maximum atomic E-state index is 14.0. The Morgan fingerprint density at radius 1 is 1.25 bits per heavy atom. The normalized spacial score (nSPS) is 12.2. The predicted octanol–water partition coefficient (Wildman–Crippen LogP) is 3.98. The number of hydrogen-bond donors (Lipinski definition) is 1. The lowest BCUT2D eigenvalue weighted by Crippen LogP contribution is -2.16. The minimum Gasteiger partial charge on any atom is -0.494 e. The number of ether oxygens (including phenoxy) is 1. The van der Waals surface area contributed by atoms with E-state index >= 15 is 0 Å². The fourth-order valence-corrected chi connectivity index (χ4v) is 2.40. The van der Waals surface area contributed by atoms with Gasteiger partial charge in [-0.25, -0.2) is 8.78 Å². The van der Waals surface area contributed by atoms with E-state index in [1.54, 1.807) is 24.3 Å². The summed E-state index contributed by atoms with van der Waals surface area (Å²) in [6.07, 6.45) is 0.191. The van der Waals surface area contributed by atoms with Crippen molar-refractivity contribution in [3.8, 4) is 5.75 Å². The molecule has 0 heterocycles. The lowest BCUT2D eigenvalue weighted by molar-refractivity contribution is 0.383. The van der Waals surface area contributed by atoms with Gasteiger partial charge in [0.2, 0.25) is 0 Å².